The molecule has 0 aromatic heterocycles. The molecule has 8 heteroatoms. The average Bonchev–Trinajstić information content (AvgIpc) is 3.13. The zero-order valence-electron chi connectivity index (χ0n) is 17.2. The van der Waals surface area contributed by atoms with Crippen LogP contribution in [0.1, 0.15) is 53.4 Å². The highest BCUT2D eigenvalue weighted by atomic mass is 35.5. The minimum atomic E-state index is -0.397. The van der Waals surface area contributed by atoms with Gasteiger partial charge in [-0.25, -0.2) is 0 Å². The summed E-state index contributed by atoms with van der Waals surface area (Å²) in [6.45, 7) is 12.3. The highest BCUT2D eigenvalue weighted by Crippen LogP contribution is 2.24. The van der Waals surface area contributed by atoms with E-state index in [0.29, 0.717) is 31.5 Å². The van der Waals surface area contributed by atoms with Gasteiger partial charge < -0.3 is 16.0 Å². The Bertz CT molecular complexity index is 492. The third-order valence-electron chi connectivity index (χ3n) is 5.66. The predicted octanol–water partition coefficient (Wildman–Crippen LogP) is 2.04. The van der Waals surface area contributed by atoms with E-state index in [1.165, 1.54) is 6.42 Å². The highest BCUT2D eigenvalue weighted by Gasteiger charge is 2.38. The van der Waals surface area contributed by atoms with Crippen molar-refractivity contribution in [2.75, 3.05) is 32.7 Å². The number of nitrogens with two attached hydrogens (primary N) is 1. The number of nitrogens with zero attached hydrogens (tertiary/aromatic N) is 2. The Morgan fingerprint density at radius 2 is 2.04 bits per heavy atom. The van der Waals surface area contributed by atoms with Gasteiger partial charge in [-0.1, -0.05) is 20.8 Å². The molecule has 2 heterocycles. The number of nitrogens with one attached hydrogen (secondary N) is 1. The van der Waals surface area contributed by atoms with E-state index in [0.717, 1.165) is 32.5 Å². The molecule has 2 aliphatic rings. The van der Waals surface area contributed by atoms with Crippen molar-refractivity contribution in [3.63, 3.8) is 0 Å². The molecule has 2 saturated heterocycles. The Hall–Kier alpha value is -0.560. The summed E-state index contributed by atoms with van der Waals surface area (Å²) >= 11 is 0. The first-order valence-electron chi connectivity index (χ1n) is 9.82. The van der Waals surface area contributed by atoms with Crippen LogP contribution in [-0.2, 0) is 9.59 Å². The van der Waals surface area contributed by atoms with Crippen LogP contribution in [0, 0.1) is 11.8 Å². The summed E-state index contributed by atoms with van der Waals surface area (Å²) in [5.74, 6) is 0.296. The quantitative estimate of drug-likeness (QED) is 0.624. The summed E-state index contributed by atoms with van der Waals surface area (Å²) in [4.78, 5) is 29.4. The summed E-state index contributed by atoms with van der Waals surface area (Å²) in [5.41, 5.74) is 5.50. The maximum Gasteiger partial charge on any atom is 0.225 e. The summed E-state index contributed by atoms with van der Waals surface area (Å²) in [7, 11) is 0. The van der Waals surface area contributed by atoms with E-state index in [2.05, 4.69) is 31.0 Å². The molecule has 3 unspecified atom stereocenters. The van der Waals surface area contributed by atoms with Gasteiger partial charge >= 0.3 is 0 Å². The Balaban J connectivity index is 0.00000338. The van der Waals surface area contributed by atoms with Crippen molar-refractivity contribution >= 4 is 36.6 Å². The van der Waals surface area contributed by atoms with Crippen LogP contribution in [0.25, 0.3) is 0 Å². The van der Waals surface area contributed by atoms with E-state index in [9.17, 15) is 9.59 Å². The van der Waals surface area contributed by atoms with E-state index in [1.807, 2.05) is 11.8 Å². The van der Waals surface area contributed by atoms with Crippen LogP contribution in [-0.4, -0.2) is 65.9 Å². The lowest BCUT2D eigenvalue weighted by Gasteiger charge is -2.32. The molecule has 2 fully saturated rings. The van der Waals surface area contributed by atoms with Crippen LogP contribution in [0.3, 0.4) is 0 Å². The second-order valence-corrected chi connectivity index (χ2v) is 8.48. The zero-order valence-corrected chi connectivity index (χ0v) is 18.8. The maximum absolute atomic E-state index is 12.7. The number of halogens is 2. The van der Waals surface area contributed by atoms with E-state index in [1.54, 1.807) is 0 Å². The Morgan fingerprint density at radius 3 is 2.59 bits per heavy atom. The van der Waals surface area contributed by atoms with Crippen LogP contribution in [0.5, 0.6) is 0 Å². The number of rotatable bonds is 8. The van der Waals surface area contributed by atoms with Crippen molar-refractivity contribution in [2.45, 2.75) is 65.0 Å². The monoisotopic (exact) mass is 424 g/mol. The van der Waals surface area contributed by atoms with Gasteiger partial charge in [-0.3, -0.25) is 14.5 Å². The van der Waals surface area contributed by atoms with Gasteiger partial charge in [0.2, 0.25) is 11.8 Å². The first-order chi connectivity index (χ1) is 11.8. The first-order valence-corrected chi connectivity index (χ1v) is 9.82. The zero-order chi connectivity index (χ0) is 18.6. The van der Waals surface area contributed by atoms with Gasteiger partial charge in [-0.2, -0.15) is 0 Å². The van der Waals surface area contributed by atoms with E-state index >= 15 is 0 Å². The number of likely N-dealkylation sites (tertiary alicyclic amines) is 2. The molecule has 2 aliphatic heterocycles. The van der Waals surface area contributed by atoms with Crippen LogP contribution in [0.2, 0.25) is 0 Å². The molecule has 2 amide bonds. The fourth-order valence-corrected chi connectivity index (χ4v) is 4.38. The molecule has 0 spiro atoms. The molecule has 0 aromatic rings. The molecule has 3 N–H and O–H groups in total. The van der Waals surface area contributed by atoms with Crippen molar-refractivity contribution < 1.29 is 9.59 Å². The Morgan fingerprint density at radius 1 is 1.37 bits per heavy atom. The first kappa shape index (κ1) is 26.4. The van der Waals surface area contributed by atoms with Crippen LogP contribution < -0.4 is 11.1 Å². The van der Waals surface area contributed by atoms with E-state index in [-0.39, 0.29) is 42.5 Å². The number of carbonyl (C=O) groups excluding carboxylic acids is 2. The molecule has 2 rings (SSSR count). The average molecular weight is 425 g/mol. The van der Waals surface area contributed by atoms with Gasteiger partial charge in [0.25, 0.3) is 0 Å². The predicted molar refractivity (Wildman–Crippen MR) is 115 cm³/mol. The van der Waals surface area contributed by atoms with Gasteiger partial charge in [-0.15, -0.1) is 24.8 Å². The summed E-state index contributed by atoms with van der Waals surface area (Å²) in [5, 5.41) is 3.12. The SMILES string of the molecule is CCN1CCCC1CN1CC(C(=O)NC(C)(CN)CC(C)C)CC1=O.Cl.Cl. The smallest absolute Gasteiger partial charge is 0.225 e. The van der Waals surface area contributed by atoms with Gasteiger partial charge in [0.05, 0.1) is 5.92 Å². The van der Waals surface area contributed by atoms with Crippen LogP contribution in [0.4, 0.5) is 0 Å². The summed E-state index contributed by atoms with van der Waals surface area (Å²) < 4.78 is 0. The van der Waals surface area contributed by atoms with Crippen LogP contribution >= 0.6 is 24.8 Å². The van der Waals surface area contributed by atoms with Gasteiger partial charge in [0.1, 0.15) is 0 Å². The van der Waals surface area contributed by atoms with E-state index in [4.69, 9.17) is 5.73 Å². The minimum Gasteiger partial charge on any atom is -0.349 e. The lowest BCUT2D eigenvalue weighted by atomic mass is 9.90. The third kappa shape index (κ3) is 7.08. The summed E-state index contributed by atoms with van der Waals surface area (Å²) in [6, 6.07) is 0.450. The van der Waals surface area contributed by atoms with Gasteiger partial charge in [0.15, 0.2) is 0 Å². The second kappa shape index (κ2) is 11.4. The number of likely N-dealkylation sites (N-methyl/N-ethyl adjacent to an activating group) is 1. The molecule has 27 heavy (non-hydrogen) atoms. The van der Waals surface area contributed by atoms with Crippen molar-refractivity contribution in [3.8, 4) is 0 Å². The van der Waals surface area contributed by atoms with Gasteiger partial charge in [-0.05, 0) is 45.2 Å². The Labute approximate surface area is 176 Å². The minimum absolute atomic E-state index is 0. The van der Waals surface area contributed by atoms with Crippen molar-refractivity contribution in [3.05, 3.63) is 0 Å². The number of hydrogen-bond acceptors (Lipinski definition) is 4. The fraction of sp³-hybridized carbons (Fsp3) is 0.895. The summed E-state index contributed by atoms with van der Waals surface area (Å²) in [6.07, 6.45) is 3.52. The van der Waals surface area contributed by atoms with Gasteiger partial charge in [0, 0.05) is 37.6 Å². The largest absolute Gasteiger partial charge is 0.349 e. The van der Waals surface area contributed by atoms with Crippen molar-refractivity contribution in [1.82, 2.24) is 15.1 Å². The highest BCUT2D eigenvalue weighted by molar-refractivity contribution is 5.89. The lowest BCUT2D eigenvalue weighted by molar-refractivity contribution is -0.129. The molecule has 0 radical (unpaired) electrons. The molecule has 0 aliphatic carbocycles. The number of carbonyl (C=O) groups is 2. The van der Waals surface area contributed by atoms with E-state index < -0.39 is 5.54 Å². The molecule has 3 atom stereocenters. The van der Waals surface area contributed by atoms with Crippen LogP contribution in [0.15, 0.2) is 0 Å². The topological polar surface area (TPSA) is 78.7 Å². The molecular formula is C19H38Cl2N4O2. The maximum atomic E-state index is 12.7. The molecule has 0 saturated carbocycles. The molecule has 160 valence electrons. The fourth-order valence-electron chi connectivity index (χ4n) is 4.38. The Kier molecular flexibility index (Phi) is 11.2. The second-order valence-electron chi connectivity index (χ2n) is 8.48. The molecule has 0 aromatic carbocycles. The van der Waals surface area contributed by atoms with Crippen molar-refractivity contribution in [2.24, 2.45) is 17.6 Å². The third-order valence-corrected chi connectivity index (χ3v) is 5.66. The normalized spacial score (nSPS) is 25.1. The number of amides is 2. The lowest BCUT2D eigenvalue weighted by Crippen LogP contribution is -2.54. The molecule has 0 bridgehead atoms. The molecule has 6 nitrogen and oxygen atoms in total. The number of hydrogen-bond donors (Lipinski definition) is 2. The van der Waals surface area contributed by atoms with Crippen molar-refractivity contribution in [1.29, 1.82) is 0 Å². The standard InChI is InChI=1S/C19H36N4O2.2ClH/c1-5-22-8-6-7-16(22)12-23-11-15(9-17(23)24)18(25)21-19(4,13-20)10-14(2)3;;/h14-16H,5-13,20H2,1-4H3,(H,21,25);2*1H. The molecular weight excluding hydrogens is 387 g/mol.